The second-order valence-electron chi connectivity index (χ2n) is 7.69. The van der Waals surface area contributed by atoms with Gasteiger partial charge in [-0.05, 0) is 70.8 Å². The number of nitrogens with one attached hydrogen (secondary N) is 1. The molecule has 0 fully saturated rings. The van der Waals surface area contributed by atoms with Crippen LogP contribution in [0.15, 0.2) is 72.8 Å². The molecule has 0 atom stereocenters. The van der Waals surface area contributed by atoms with Crippen molar-refractivity contribution in [1.82, 2.24) is 4.98 Å². The average Bonchev–Trinajstić information content (AvgIpc) is 3.24. The number of rotatable bonds is 2. The van der Waals surface area contributed by atoms with Gasteiger partial charge in [0, 0.05) is 21.8 Å². The van der Waals surface area contributed by atoms with Crippen LogP contribution < -0.4 is 0 Å². The van der Waals surface area contributed by atoms with E-state index in [0.29, 0.717) is 22.3 Å². The van der Waals surface area contributed by atoms with Crippen LogP contribution in [0.5, 0.6) is 0 Å². The first-order chi connectivity index (χ1) is 16.1. The van der Waals surface area contributed by atoms with E-state index in [9.17, 15) is 21.0 Å². The Morgan fingerprint density at radius 1 is 0.424 bits per heavy atom. The highest BCUT2D eigenvalue weighted by molar-refractivity contribution is 6.09. The second kappa shape index (κ2) is 7.72. The third kappa shape index (κ3) is 3.43. The zero-order chi connectivity index (χ0) is 22.9. The lowest BCUT2D eigenvalue weighted by molar-refractivity contribution is 1.44. The average molecular weight is 419 g/mol. The van der Waals surface area contributed by atoms with Crippen LogP contribution >= 0.6 is 0 Å². The molecule has 0 spiro atoms. The summed E-state index contributed by atoms with van der Waals surface area (Å²) in [7, 11) is 0. The zero-order valence-electron chi connectivity index (χ0n) is 17.2. The lowest BCUT2D eigenvalue weighted by atomic mass is 9.98. The molecular weight excluding hydrogens is 406 g/mol. The van der Waals surface area contributed by atoms with Gasteiger partial charge in [0.05, 0.1) is 46.5 Å². The Labute approximate surface area is 189 Å². The largest absolute Gasteiger partial charge is 0.354 e. The van der Waals surface area contributed by atoms with Gasteiger partial charge in [-0.1, -0.05) is 24.3 Å². The van der Waals surface area contributed by atoms with Crippen molar-refractivity contribution >= 4 is 21.8 Å². The molecular formula is C28H13N5. The zero-order valence-corrected chi connectivity index (χ0v) is 17.2. The number of hydrogen-bond donors (Lipinski definition) is 1. The van der Waals surface area contributed by atoms with Crippen molar-refractivity contribution in [2.24, 2.45) is 0 Å². The van der Waals surface area contributed by atoms with Gasteiger partial charge in [0.15, 0.2) is 0 Å². The second-order valence-corrected chi connectivity index (χ2v) is 7.69. The predicted molar refractivity (Wildman–Crippen MR) is 126 cm³/mol. The molecule has 1 N–H and O–H groups in total. The molecule has 5 rings (SSSR count). The van der Waals surface area contributed by atoms with E-state index in [1.165, 1.54) is 0 Å². The maximum atomic E-state index is 9.28. The molecule has 5 aromatic rings. The minimum absolute atomic E-state index is 0.446. The summed E-state index contributed by atoms with van der Waals surface area (Å²) in [5.74, 6) is 0. The van der Waals surface area contributed by atoms with E-state index in [-0.39, 0.29) is 0 Å². The summed E-state index contributed by atoms with van der Waals surface area (Å²) in [5.41, 5.74) is 7.08. The molecule has 0 radical (unpaired) electrons. The van der Waals surface area contributed by atoms with E-state index in [0.717, 1.165) is 44.1 Å². The molecule has 0 aliphatic rings. The van der Waals surface area contributed by atoms with Crippen LogP contribution in [-0.4, -0.2) is 4.98 Å². The first-order valence-corrected chi connectivity index (χ1v) is 10.1. The van der Waals surface area contributed by atoms with E-state index in [4.69, 9.17) is 0 Å². The van der Waals surface area contributed by atoms with E-state index in [1.54, 1.807) is 36.4 Å². The van der Waals surface area contributed by atoms with Gasteiger partial charge in [0.2, 0.25) is 0 Å². The topological polar surface area (TPSA) is 111 Å². The minimum atomic E-state index is 0.446. The molecule has 0 aliphatic heterocycles. The Hall–Kier alpha value is -5.36. The van der Waals surface area contributed by atoms with Crippen LogP contribution in [0.3, 0.4) is 0 Å². The third-order valence-electron chi connectivity index (χ3n) is 5.65. The fourth-order valence-corrected chi connectivity index (χ4v) is 4.12. The lowest BCUT2D eigenvalue weighted by Gasteiger charge is -2.04. The SMILES string of the molecule is N#Cc1cc(C#N)cc(-c2ccc3c(c2)[nH]c2cc(-c4cc(C#N)cc(C#N)c4)ccc23)c1. The monoisotopic (exact) mass is 419 g/mol. The molecule has 150 valence electrons. The smallest absolute Gasteiger partial charge is 0.0992 e. The van der Waals surface area contributed by atoms with Gasteiger partial charge in [-0.3, -0.25) is 0 Å². The van der Waals surface area contributed by atoms with Gasteiger partial charge in [-0.15, -0.1) is 0 Å². The summed E-state index contributed by atoms with van der Waals surface area (Å²) in [6, 6.07) is 30.7. The summed E-state index contributed by atoms with van der Waals surface area (Å²) < 4.78 is 0. The van der Waals surface area contributed by atoms with Crippen LogP contribution in [0.2, 0.25) is 0 Å². The maximum Gasteiger partial charge on any atom is 0.0992 e. The molecule has 5 nitrogen and oxygen atoms in total. The first-order valence-electron chi connectivity index (χ1n) is 10.1. The molecule has 5 heteroatoms. The molecule has 1 aromatic heterocycles. The fourth-order valence-electron chi connectivity index (χ4n) is 4.12. The third-order valence-corrected chi connectivity index (χ3v) is 5.65. The summed E-state index contributed by atoms with van der Waals surface area (Å²) in [6.45, 7) is 0. The Morgan fingerprint density at radius 3 is 1.12 bits per heavy atom. The van der Waals surface area contributed by atoms with Crippen LogP contribution in [0.25, 0.3) is 44.1 Å². The highest BCUT2D eigenvalue weighted by Crippen LogP contribution is 2.33. The van der Waals surface area contributed by atoms with Crippen molar-refractivity contribution in [3.8, 4) is 46.5 Å². The van der Waals surface area contributed by atoms with Crippen LogP contribution in [0.1, 0.15) is 22.3 Å². The van der Waals surface area contributed by atoms with Gasteiger partial charge in [-0.25, -0.2) is 0 Å². The maximum absolute atomic E-state index is 9.28. The van der Waals surface area contributed by atoms with Gasteiger partial charge in [0.1, 0.15) is 0 Å². The Morgan fingerprint density at radius 2 is 0.788 bits per heavy atom. The van der Waals surface area contributed by atoms with E-state index in [2.05, 4.69) is 29.3 Å². The van der Waals surface area contributed by atoms with Crippen molar-refractivity contribution in [3.63, 3.8) is 0 Å². The van der Waals surface area contributed by atoms with Crippen LogP contribution in [0, 0.1) is 45.3 Å². The number of aromatic nitrogens is 1. The summed E-state index contributed by atoms with van der Waals surface area (Å²) in [6.07, 6.45) is 0. The number of nitrogens with zero attached hydrogens (tertiary/aromatic N) is 4. The van der Waals surface area contributed by atoms with Gasteiger partial charge in [-0.2, -0.15) is 21.0 Å². The van der Waals surface area contributed by atoms with Crippen molar-refractivity contribution in [2.45, 2.75) is 0 Å². The molecule has 0 bridgehead atoms. The molecule has 1 heterocycles. The minimum Gasteiger partial charge on any atom is -0.354 e. The number of fused-ring (bicyclic) bond motifs is 3. The van der Waals surface area contributed by atoms with Crippen molar-refractivity contribution in [3.05, 3.63) is 95.1 Å². The molecule has 33 heavy (non-hydrogen) atoms. The molecule has 0 aliphatic carbocycles. The highest BCUT2D eigenvalue weighted by atomic mass is 14.7. The number of hydrogen-bond acceptors (Lipinski definition) is 4. The normalized spacial score (nSPS) is 10.3. The molecule has 0 saturated heterocycles. The lowest BCUT2D eigenvalue weighted by Crippen LogP contribution is -1.84. The standard InChI is InChI=1S/C28H13N5/c29-13-17-5-18(14-30)8-23(7-17)21-1-3-25-26-4-2-22(12-28(26)33-27(25)11-21)24-9-19(15-31)6-20(10-24)16-32/h1-12,33H. The van der Waals surface area contributed by atoms with Crippen LogP contribution in [0.4, 0.5) is 0 Å². The summed E-state index contributed by atoms with van der Waals surface area (Å²) >= 11 is 0. The van der Waals surface area contributed by atoms with E-state index < -0.39 is 0 Å². The fraction of sp³-hybridized carbons (Fsp3) is 0. The van der Waals surface area contributed by atoms with Crippen molar-refractivity contribution in [2.75, 3.05) is 0 Å². The summed E-state index contributed by atoms with van der Waals surface area (Å²) in [5, 5.41) is 39.2. The Balaban J connectivity index is 1.64. The quantitative estimate of drug-likeness (QED) is 0.370. The van der Waals surface area contributed by atoms with Crippen molar-refractivity contribution < 1.29 is 0 Å². The number of H-pyrrole nitrogens is 1. The molecule has 4 aromatic carbocycles. The predicted octanol–water partition coefficient (Wildman–Crippen LogP) is 6.14. The molecule has 0 saturated carbocycles. The molecule has 0 amide bonds. The number of benzene rings is 4. The van der Waals surface area contributed by atoms with Gasteiger partial charge in [0.25, 0.3) is 0 Å². The first kappa shape index (κ1) is 19.6. The Bertz CT molecular complexity index is 1570. The van der Waals surface area contributed by atoms with Crippen LogP contribution in [-0.2, 0) is 0 Å². The van der Waals surface area contributed by atoms with E-state index >= 15 is 0 Å². The van der Waals surface area contributed by atoms with Crippen molar-refractivity contribution in [1.29, 1.82) is 21.0 Å². The number of nitriles is 4. The number of aromatic amines is 1. The summed E-state index contributed by atoms with van der Waals surface area (Å²) in [4.78, 5) is 3.45. The molecule has 0 unspecified atom stereocenters. The highest BCUT2D eigenvalue weighted by Gasteiger charge is 2.10. The van der Waals surface area contributed by atoms with Gasteiger partial charge >= 0.3 is 0 Å². The van der Waals surface area contributed by atoms with E-state index in [1.807, 2.05) is 36.4 Å². The Kier molecular flexibility index (Phi) is 4.58. The van der Waals surface area contributed by atoms with Gasteiger partial charge < -0.3 is 4.98 Å².